The highest BCUT2D eigenvalue weighted by atomic mass is 19.1. The highest BCUT2D eigenvalue weighted by Crippen LogP contribution is 2.08. The molecule has 9 heavy (non-hydrogen) atoms. The van der Waals surface area contributed by atoms with E-state index in [4.69, 9.17) is 0 Å². The monoisotopic (exact) mass is 131 g/mol. The van der Waals surface area contributed by atoms with Crippen LogP contribution in [0.4, 0.5) is 8.78 Å². The number of hydrogen-bond donors (Lipinski definition) is 0. The quantitative estimate of drug-likeness (QED) is 0.410. The molecule has 0 N–H and O–H groups in total. The molecule has 0 spiro atoms. The van der Waals surface area contributed by atoms with Crippen molar-refractivity contribution in [1.82, 2.24) is 0 Å². The molecule has 0 aromatic rings. The largest absolute Gasteiger partial charge is 0.272 e. The Hall–Kier alpha value is -0.990. The van der Waals surface area contributed by atoms with Gasteiger partial charge in [-0.3, -0.25) is 4.99 Å². The van der Waals surface area contributed by atoms with E-state index in [1.807, 2.05) is 0 Å². The van der Waals surface area contributed by atoms with E-state index in [2.05, 4.69) is 18.3 Å². The van der Waals surface area contributed by atoms with Crippen LogP contribution in [-0.2, 0) is 0 Å². The Morgan fingerprint density at radius 2 is 2.22 bits per heavy atom. The van der Waals surface area contributed by atoms with Gasteiger partial charge in [0.25, 0.3) is 0 Å². The lowest BCUT2D eigenvalue weighted by atomic mass is 10.3. The zero-order chi connectivity index (χ0) is 7.28. The summed E-state index contributed by atoms with van der Waals surface area (Å²) in [5, 5.41) is 0. The van der Waals surface area contributed by atoms with Crippen molar-refractivity contribution in [3.63, 3.8) is 0 Å². The van der Waals surface area contributed by atoms with Gasteiger partial charge >= 0.3 is 0 Å². The fraction of sp³-hybridized carbons (Fsp3) is 0.167. The van der Waals surface area contributed by atoms with Crippen molar-refractivity contribution in [2.24, 2.45) is 4.99 Å². The fourth-order valence-electron chi connectivity index (χ4n) is 0.287. The third kappa shape index (κ3) is 2.74. The molecule has 0 aromatic carbocycles. The summed E-state index contributed by atoms with van der Waals surface area (Å²) in [6.07, 6.45) is 1.00. The topological polar surface area (TPSA) is 12.4 Å². The molecule has 0 aliphatic rings. The molecule has 0 bridgehead atoms. The van der Waals surface area contributed by atoms with Crippen molar-refractivity contribution in [3.8, 4) is 0 Å². The molecule has 50 valence electrons. The lowest BCUT2D eigenvalue weighted by Gasteiger charge is -1.91. The standard InChI is InChI=1S/C6H7F2N/c1-5(8)6(3-7)4-9-2/h4H,1-3H2/b6-4-. The Bertz CT molecular complexity index is 149. The number of alkyl halides is 1. The van der Waals surface area contributed by atoms with Gasteiger partial charge in [0.1, 0.15) is 12.5 Å². The summed E-state index contributed by atoms with van der Waals surface area (Å²) in [6, 6.07) is 0. The van der Waals surface area contributed by atoms with Crippen LogP contribution in [0.2, 0.25) is 0 Å². The Morgan fingerprint density at radius 1 is 1.67 bits per heavy atom. The molecule has 0 saturated carbocycles. The van der Waals surface area contributed by atoms with Gasteiger partial charge < -0.3 is 0 Å². The third-order valence-corrected chi connectivity index (χ3v) is 0.740. The van der Waals surface area contributed by atoms with Crippen LogP contribution < -0.4 is 0 Å². The number of aliphatic imine (C=N–C) groups is 1. The second-order valence-electron chi connectivity index (χ2n) is 1.38. The van der Waals surface area contributed by atoms with Crippen LogP contribution in [0.1, 0.15) is 0 Å². The zero-order valence-electron chi connectivity index (χ0n) is 4.90. The van der Waals surface area contributed by atoms with Crippen LogP contribution in [-0.4, -0.2) is 13.4 Å². The molecule has 0 amide bonds. The van der Waals surface area contributed by atoms with Crippen molar-refractivity contribution in [1.29, 1.82) is 0 Å². The first kappa shape index (κ1) is 8.01. The molecule has 1 nitrogen and oxygen atoms in total. The van der Waals surface area contributed by atoms with E-state index >= 15 is 0 Å². The van der Waals surface area contributed by atoms with Crippen molar-refractivity contribution in [2.75, 3.05) is 6.67 Å². The second kappa shape index (κ2) is 3.95. The lowest BCUT2D eigenvalue weighted by molar-refractivity contribution is 0.522. The minimum atomic E-state index is -0.894. The number of allylic oxidation sites excluding steroid dienone is 2. The first-order valence-corrected chi connectivity index (χ1v) is 2.28. The SMILES string of the molecule is C=N/C=C(/CF)C(=C)F. The fourth-order valence-corrected chi connectivity index (χ4v) is 0.287. The van der Waals surface area contributed by atoms with Gasteiger partial charge in [-0.05, 0) is 6.72 Å². The zero-order valence-corrected chi connectivity index (χ0v) is 4.90. The van der Waals surface area contributed by atoms with E-state index in [0.29, 0.717) is 0 Å². The first-order chi connectivity index (χ1) is 4.22. The van der Waals surface area contributed by atoms with Gasteiger partial charge in [-0.1, -0.05) is 6.58 Å². The molecular weight excluding hydrogens is 124 g/mol. The highest BCUT2D eigenvalue weighted by molar-refractivity contribution is 5.30. The number of halogens is 2. The van der Waals surface area contributed by atoms with Crippen LogP contribution in [0.5, 0.6) is 0 Å². The summed E-state index contributed by atoms with van der Waals surface area (Å²) in [7, 11) is 0. The minimum absolute atomic E-state index is 0.162. The van der Waals surface area contributed by atoms with E-state index in [9.17, 15) is 8.78 Å². The number of rotatable bonds is 3. The molecule has 0 aromatic heterocycles. The smallest absolute Gasteiger partial charge is 0.123 e. The molecular formula is C6H7F2N. The summed E-state index contributed by atoms with van der Waals surface area (Å²) >= 11 is 0. The Balaban J connectivity index is 4.14. The Kier molecular flexibility index (Phi) is 3.51. The number of nitrogens with zero attached hydrogens (tertiary/aromatic N) is 1. The summed E-state index contributed by atoms with van der Waals surface area (Å²) in [5.41, 5.74) is -0.162. The maximum atomic E-state index is 12.0. The van der Waals surface area contributed by atoms with Crippen LogP contribution in [0, 0.1) is 0 Å². The predicted molar refractivity (Wildman–Crippen MR) is 33.9 cm³/mol. The van der Waals surface area contributed by atoms with Gasteiger partial charge in [0.05, 0.1) is 0 Å². The molecule has 0 heterocycles. The number of hydrogen-bond acceptors (Lipinski definition) is 1. The molecule has 0 aliphatic heterocycles. The summed E-state index contributed by atoms with van der Waals surface area (Å²) < 4.78 is 23.6. The van der Waals surface area contributed by atoms with E-state index in [-0.39, 0.29) is 5.57 Å². The Labute approximate surface area is 52.4 Å². The van der Waals surface area contributed by atoms with Crippen molar-refractivity contribution in [2.45, 2.75) is 0 Å². The second-order valence-corrected chi connectivity index (χ2v) is 1.38. The average Bonchev–Trinajstić information content (AvgIpc) is 1.82. The van der Waals surface area contributed by atoms with Crippen LogP contribution in [0.3, 0.4) is 0 Å². The first-order valence-electron chi connectivity index (χ1n) is 2.28. The van der Waals surface area contributed by atoms with Gasteiger partial charge in [-0.25, -0.2) is 8.78 Å². The van der Waals surface area contributed by atoms with Crippen LogP contribution in [0.25, 0.3) is 0 Å². The highest BCUT2D eigenvalue weighted by Gasteiger charge is 1.98. The van der Waals surface area contributed by atoms with Crippen molar-refractivity contribution >= 4 is 6.72 Å². The van der Waals surface area contributed by atoms with Crippen LogP contribution in [0.15, 0.2) is 29.2 Å². The van der Waals surface area contributed by atoms with E-state index in [1.54, 1.807) is 0 Å². The van der Waals surface area contributed by atoms with Gasteiger partial charge in [-0.2, -0.15) is 0 Å². The summed E-state index contributed by atoms with van der Waals surface area (Å²) in [5.74, 6) is -0.801. The maximum Gasteiger partial charge on any atom is 0.123 e. The molecule has 0 aliphatic carbocycles. The molecule has 0 fully saturated rings. The van der Waals surface area contributed by atoms with E-state index < -0.39 is 12.5 Å². The van der Waals surface area contributed by atoms with Gasteiger partial charge in [-0.15, -0.1) is 0 Å². The average molecular weight is 131 g/mol. The summed E-state index contributed by atoms with van der Waals surface area (Å²) in [4.78, 5) is 3.18. The molecule has 3 heteroatoms. The van der Waals surface area contributed by atoms with Gasteiger partial charge in [0.2, 0.25) is 0 Å². The summed E-state index contributed by atoms with van der Waals surface area (Å²) in [6.45, 7) is 5.02. The van der Waals surface area contributed by atoms with Crippen LogP contribution >= 0.6 is 0 Å². The Morgan fingerprint density at radius 3 is 2.33 bits per heavy atom. The molecule has 0 saturated heterocycles. The predicted octanol–water partition coefficient (Wildman–Crippen LogP) is 2.02. The molecule has 0 rings (SSSR count). The van der Waals surface area contributed by atoms with Gasteiger partial charge in [0.15, 0.2) is 0 Å². The van der Waals surface area contributed by atoms with Crippen molar-refractivity contribution in [3.05, 3.63) is 24.2 Å². The van der Waals surface area contributed by atoms with Gasteiger partial charge in [0, 0.05) is 11.8 Å². The maximum absolute atomic E-state index is 12.0. The molecule has 0 atom stereocenters. The minimum Gasteiger partial charge on any atom is -0.272 e. The third-order valence-electron chi connectivity index (χ3n) is 0.740. The van der Waals surface area contributed by atoms with E-state index in [1.165, 1.54) is 0 Å². The molecule has 0 radical (unpaired) electrons. The van der Waals surface area contributed by atoms with Crippen molar-refractivity contribution < 1.29 is 8.78 Å². The molecule has 0 unspecified atom stereocenters. The normalized spacial score (nSPS) is 11.1. The lowest BCUT2D eigenvalue weighted by Crippen LogP contribution is -1.83. The van der Waals surface area contributed by atoms with E-state index in [0.717, 1.165) is 6.20 Å².